The van der Waals surface area contributed by atoms with Crippen molar-refractivity contribution in [1.82, 2.24) is 9.97 Å². The number of nitrogens with one attached hydrogen (secondary N) is 1. The lowest BCUT2D eigenvalue weighted by Gasteiger charge is -2.10. The maximum absolute atomic E-state index is 12.3. The molecule has 4 nitrogen and oxygen atoms in total. The van der Waals surface area contributed by atoms with Gasteiger partial charge in [0.15, 0.2) is 5.16 Å². The second kappa shape index (κ2) is 6.71. The number of benzene rings is 1. The maximum Gasteiger partial charge on any atom is 0.387 e. The van der Waals surface area contributed by atoms with Crippen molar-refractivity contribution in [3.63, 3.8) is 0 Å². The molecule has 2 rings (SSSR count). The first-order valence-electron chi connectivity index (χ1n) is 5.46. The van der Waals surface area contributed by atoms with Gasteiger partial charge >= 0.3 is 6.61 Å². The third kappa shape index (κ3) is 4.21. The van der Waals surface area contributed by atoms with E-state index in [1.165, 1.54) is 42.2 Å². The molecule has 0 saturated carbocycles. The number of aromatic amines is 1. The number of hydrogen-bond acceptors (Lipinski definition) is 4. The highest BCUT2D eigenvalue weighted by atomic mass is 35.5. The van der Waals surface area contributed by atoms with Crippen LogP contribution < -0.4 is 10.3 Å². The molecule has 0 atom stereocenters. The number of aromatic nitrogens is 2. The summed E-state index contributed by atoms with van der Waals surface area (Å²) in [5.74, 6) is 0.338. The summed E-state index contributed by atoms with van der Waals surface area (Å²) in [6.45, 7) is -2.91. The molecule has 20 heavy (non-hydrogen) atoms. The van der Waals surface area contributed by atoms with E-state index in [4.69, 9.17) is 11.6 Å². The summed E-state index contributed by atoms with van der Waals surface area (Å²) in [6.07, 6.45) is 1.37. The lowest BCUT2D eigenvalue weighted by atomic mass is 10.2. The second-order valence-corrected chi connectivity index (χ2v) is 5.06. The molecule has 0 unspecified atom stereocenters. The topological polar surface area (TPSA) is 55.0 Å². The Kier molecular flexibility index (Phi) is 4.97. The minimum absolute atomic E-state index is 0.0511. The largest absolute Gasteiger partial charge is 0.435 e. The summed E-state index contributed by atoms with van der Waals surface area (Å²) >= 11 is 7.02. The van der Waals surface area contributed by atoms with E-state index in [1.54, 1.807) is 0 Å². The lowest BCUT2D eigenvalue weighted by molar-refractivity contribution is -0.0503. The first-order valence-corrected chi connectivity index (χ1v) is 6.82. The van der Waals surface area contributed by atoms with Crippen LogP contribution in [0.2, 0.25) is 5.02 Å². The van der Waals surface area contributed by atoms with Crippen LogP contribution in [-0.4, -0.2) is 16.6 Å². The van der Waals surface area contributed by atoms with Crippen molar-refractivity contribution in [1.29, 1.82) is 0 Å². The van der Waals surface area contributed by atoms with Crippen molar-refractivity contribution in [3.05, 3.63) is 51.4 Å². The number of halogens is 3. The molecule has 1 aromatic heterocycles. The van der Waals surface area contributed by atoms with Crippen LogP contribution in [0.15, 0.2) is 40.4 Å². The normalized spacial score (nSPS) is 10.8. The Labute approximate surface area is 122 Å². The number of H-pyrrole nitrogens is 1. The van der Waals surface area contributed by atoms with Crippen LogP contribution in [0.25, 0.3) is 0 Å². The van der Waals surface area contributed by atoms with Crippen molar-refractivity contribution in [2.75, 3.05) is 0 Å². The van der Waals surface area contributed by atoms with Gasteiger partial charge in [0, 0.05) is 28.6 Å². The lowest BCUT2D eigenvalue weighted by Crippen LogP contribution is -2.06. The maximum atomic E-state index is 12.3. The SMILES string of the molecule is O=c1ccnc(SCc2cc(Cl)ccc2OC(F)F)[nH]1. The first kappa shape index (κ1) is 14.8. The van der Waals surface area contributed by atoms with Crippen LogP contribution >= 0.6 is 23.4 Å². The summed E-state index contributed by atoms with van der Waals surface area (Å²) in [7, 11) is 0. The predicted octanol–water partition coefficient (Wildman–Crippen LogP) is 3.32. The summed E-state index contributed by atoms with van der Waals surface area (Å²) in [5.41, 5.74) is 0.215. The van der Waals surface area contributed by atoms with Gasteiger partial charge in [-0.05, 0) is 18.2 Å². The van der Waals surface area contributed by atoms with E-state index in [1.807, 2.05) is 0 Å². The van der Waals surface area contributed by atoms with E-state index in [2.05, 4.69) is 14.7 Å². The van der Waals surface area contributed by atoms with Crippen molar-refractivity contribution in [2.24, 2.45) is 0 Å². The van der Waals surface area contributed by atoms with Gasteiger partial charge in [0.2, 0.25) is 0 Å². The number of hydrogen-bond donors (Lipinski definition) is 1. The molecule has 1 aromatic carbocycles. The van der Waals surface area contributed by atoms with Gasteiger partial charge in [-0.1, -0.05) is 23.4 Å². The van der Waals surface area contributed by atoms with Gasteiger partial charge in [-0.25, -0.2) is 4.98 Å². The molecule has 0 radical (unpaired) electrons. The predicted molar refractivity (Wildman–Crippen MR) is 72.5 cm³/mol. The summed E-state index contributed by atoms with van der Waals surface area (Å²) < 4.78 is 29.0. The number of nitrogens with zero attached hydrogens (tertiary/aromatic N) is 1. The number of rotatable bonds is 5. The van der Waals surface area contributed by atoms with E-state index in [0.717, 1.165) is 0 Å². The highest BCUT2D eigenvalue weighted by Crippen LogP contribution is 2.29. The first-order chi connectivity index (χ1) is 9.54. The molecule has 0 saturated heterocycles. The third-order valence-corrected chi connectivity index (χ3v) is 3.42. The minimum atomic E-state index is -2.91. The summed E-state index contributed by atoms with van der Waals surface area (Å²) in [5, 5.41) is 0.803. The molecule has 8 heteroatoms. The molecule has 1 N–H and O–H groups in total. The fourth-order valence-electron chi connectivity index (χ4n) is 1.44. The fourth-order valence-corrected chi connectivity index (χ4v) is 2.46. The van der Waals surface area contributed by atoms with Gasteiger partial charge < -0.3 is 9.72 Å². The minimum Gasteiger partial charge on any atom is -0.435 e. The molecule has 2 aromatic rings. The molecule has 0 aliphatic carbocycles. The highest BCUT2D eigenvalue weighted by Gasteiger charge is 2.11. The van der Waals surface area contributed by atoms with Crippen LogP contribution in [0, 0.1) is 0 Å². The molecule has 0 spiro atoms. The second-order valence-electron chi connectivity index (χ2n) is 3.66. The van der Waals surface area contributed by atoms with Crippen molar-refractivity contribution in [2.45, 2.75) is 17.5 Å². The van der Waals surface area contributed by atoms with Gasteiger partial charge in [0.05, 0.1) is 0 Å². The Balaban J connectivity index is 2.15. The van der Waals surface area contributed by atoms with Gasteiger partial charge in [-0.15, -0.1) is 0 Å². The molecule has 0 aliphatic heterocycles. The molecule has 0 amide bonds. The number of alkyl halides is 2. The molecular formula is C12H9ClF2N2O2S. The van der Waals surface area contributed by atoms with E-state index < -0.39 is 6.61 Å². The van der Waals surface area contributed by atoms with Gasteiger partial charge in [0.1, 0.15) is 5.75 Å². The summed E-state index contributed by atoms with van der Waals surface area (Å²) in [4.78, 5) is 17.6. The van der Waals surface area contributed by atoms with Crippen molar-refractivity contribution >= 4 is 23.4 Å². The molecule has 0 aliphatic rings. The Morgan fingerprint density at radius 1 is 1.40 bits per heavy atom. The van der Waals surface area contributed by atoms with E-state index in [0.29, 0.717) is 15.7 Å². The molecule has 0 bridgehead atoms. The zero-order valence-corrected chi connectivity index (χ0v) is 11.5. The highest BCUT2D eigenvalue weighted by molar-refractivity contribution is 7.98. The molecular weight excluding hydrogens is 310 g/mol. The standard InChI is InChI=1S/C12H9ClF2N2O2S/c13-8-1-2-9(19-11(14)15)7(5-8)6-20-12-16-4-3-10(18)17-12/h1-5,11H,6H2,(H,16,17,18). The molecule has 1 heterocycles. The van der Waals surface area contributed by atoms with E-state index >= 15 is 0 Å². The van der Waals surface area contributed by atoms with Gasteiger partial charge in [-0.3, -0.25) is 4.79 Å². The van der Waals surface area contributed by atoms with Crippen LogP contribution in [0.3, 0.4) is 0 Å². The average molecular weight is 319 g/mol. The smallest absolute Gasteiger partial charge is 0.387 e. The zero-order valence-electron chi connectivity index (χ0n) is 9.98. The third-order valence-electron chi connectivity index (χ3n) is 2.25. The Hall–Kier alpha value is -1.60. The Morgan fingerprint density at radius 3 is 2.90 bits per heavy atom. The zero-order chi connectivity index (χ0) is 14.5. The molecule has 0 fully saturated rings. The van der Waals surface area contributed by atoms with Crippen molar-refractivity contribution in [3.8, 4) is 5.75 Å². The molecule has 106 valence electrons. The van der Waals surface area contributed by atoms with E-state index in [-0.39, 0.29) is 17.1 Å². The Bertz CT molecular complexity index is 651. The van der Waals surface area contributed by atoms with Gasteiger partial charge in [0.25, 0.3) is 5.56 Å². The fraction of sp³-hybridized carbons (Fsp3) is 0.167. The van der Waals surface area contributed by atoms with Crippen LogP contribution in [0.1, 0.15) is 5.56 Å². The number of ether oxygens (including phenoxy) is 1. The van der Waals surface area contributed by atoms with E-state index in [9.17, 15) is 13.6 Å². The quantitative estimate of drug-likeness (QED) is 0.679. The van der Waals surface area contributed by atoms with Crippen LogP contribution in [0.4, 0.5) is 8.78 Å². The van der Waals surface area contributed by atoms with Crippen LogP contribution in [0.5, 0.6) is 5.75 Å². The van der Waals surface area contributed by atoms with Crippen LogP contribution in [-0.2, 0) is 5.75 Å². The number of thioether (sulfide) groups is 1. The average Bonchev–Trinajstić information content (AvgIpc) is 2.39. The monoisotopic (exact) mass is 318 g/mol. The summed E-state index contributed by atoms with van der Waals surface area (Å²) in [6, 6.07) is 5.67. The van der Waals surface area contributed by atoms with Gasteiger partial charge in [-0.2, -0.15) is 8.78 Å². The Morgan fingerprint density at radius 2 is 2.20 bits per heavy atom. The van der Waals surface area contributed by atoms with Crippen molar-refractivity contribution < 1.29 is 13.5 Å².